The summed E-state index contributed by atoms with van der Waals surface area (Å²) in [5, 5.41) is 15.2. The van der Waals surface area contributed by atoms with Crippen LogP contribution < -0.4 is 10.6 Å². The number of hydrogen-bond donors (Lipinski definition) is 3. The Balaban J connectivity index is 1.28. The summed E-state index contributed by atoms with van der Waals surface area (Å²) in [5.41, 5.74) is 4.37. The molecule has 3 N–H and O–H groups in total. The Bertz CT molecular complexity index is 1870. The SMILES string of the molecule is CC/C=C\C/C=C\C/C=C\C/C=C\C/C=C\C/C=C\CCC(=O)NCCCCC(NC(=O)c1ccc(/C=C/C(=O)c2ccc3c(c2)C(C)(C)CCC3(C)C)cc1)C(=O)O. The fourth-order valence-electron chi connectivity index (χ4n) is 6.90. The van der Waals surface area contributed by atoms with Gasteiger partial charge in [-0.1, -0.05) is 138 Å². The number of carbonyl (C=O) groups is 4. The van der Waals surface area contributed by atoms with Crippen LogP contribution in [0.1, 0.15) is 155 Å². The highest BCUT2D eigenvalue weighted by Gasteiger charge is 2.37. The molecule has 3 rings (SSSR count). The quantitative estimate of drug-likeness (QED) is 0.0401. The highest BCUT2D eigenvalue weighted by molar-refractivity contribution is 6.07. The number of unbranched alkanes of at least 4 members (excludes halogenated alkanes) is 1. The minimum absolute atomic E-state index is 0.00986. The molecule has 7 nitrogen and oxygen atoms in total. The molecule has 2 aromatic carbocycles. The van der Waals surface area contributed by atoms with E-state index in [2.05, 4.69) is 118 Å². The van der Waals surface area contributed by atoms with Crippen molar-refractivity contribution in [3.05, 3.63) is 149 Å². The number of nitrogens with one attached hydrogen (secondary N) is 2. The Labute approximate surface area is 354 Å². The molecule has 1 aliphatic carbocycles. The van der Waals surface area contributed by atoms with E-state index in [1.54, 1.807) is 36.4 Å². The van der Waals surface area contributed by atoms with Gasteiger partial charge in [-0.25, -0.2) is 4.79 Å². The molecule has 2 amide bonds. The summed E-state index contributed by atoms with van der Waals surface area (Å²) in [7, 11) is 0. The van der Waals surface area contributed by atoms with Crippen LogP contribution in [0.25, 0.3) is 6.08 Å². The average molecular weight is 801 g/mol. The first-order chi connectivity index (χ1) is 28.3. The zero-order valence-corrected chi connectivity index (χ0v) is 36.2. The molecule has 0 saturated carbocycles. The number of amides is 2. The lowest BCUT2D eigenvalue weighted by atomic mass is 9.63. The number of carbonyl (C=O) groups excluding carboxylic acids is 3. The molecule has 0 radical (unpaired) electrons. The van der Waals surface area contributed by atoms with Crippen LogP contribution in [0, 0.1) is 0 Å². The van der Waals surface area contributed by atoms with Crippen LogP contribution in [-0.4, -0.2) is 41.3 Å². The molecule has 1 atom stereocenters. The normalized spacial score (nSPS) is 15.6. The summed E-state index contributed by atoms with van der Waals surface area (Å²) >= 11 is 0. The number of ketones is 1. The third-order valence-electron chi connectivity index (χ3n) is 10.7. The zero-order valence-electron chi connectivity index (χ0n) is 36.2. The fraction of sp³-hybridized carbons (Fsp3) is 0.423. The average Bonchev–Trinajstić information content (AvgIpc) is 3.21. The van der Waals surface area contributed by atoms with E-state index in [0.717, 1.165) is 56.9 Å². The third-order valence-corrected chi connectivity index (χ3v) is 10.7. The van der Waals surface area contributed by atoms with Crippen molar-refractivity contribution < 1.29 is 24.3 Å². The number of rotatable bonds is 25. The van der Waals surface area contributed by atoms with Crippen molar-refractivity contribution in [3.8, 4) is 0 Å². The first kappa shape index (κ1) is 48.1. The lowest BCUT2D eigenvalue weighted by Gasteiger charge is -2.42. The number of carboxylic acids is 1. The van der Waals surface area contributed by atoms with Crippen molar-refractivity contribution in [2.45, 2.75) is 135 Å². The van der Waals surface area contributed by atoms with E-state index in [9.17, 15) is 24.3 Å². The predicted molar refractivity (Wildman–Crippen MR) is 245 cm³/mol. The van der Waals surface area contributed by atoms with Gasteiger partial charge in [-0.15, -0.1) is 0 Å². The summed E-state index contributed by atoms with van der Waals surface area (Å²) in [6.07, 6.45) is 39.5. The van der Waals surface area contributed by atoms with Crippen LogP contribution in [0.2, 0.25) is 0 Å². The first-order valence-electron chi connectivity index (χ1n) is 21.5. The van der Waals surface area contributed by atoms with Crippen LogP contribution in [-0.2, 0) is 20.4 Å². The maximum atomic E-state index is 13.1. The summed E-state index contributed by atoms with van der Waals surface area (Å²) in [5.74, 6) is -1.71. The van der Waals surface area contributed by atoms with E-state index in [0.29, 0.717) is 43.4 Å². The number of hydrogen-bond acceptors (Lipinski definition) is 4. The van der Waals surface area contributed by atoms with Crippen molar-refractivity contribution in [2.24, 2.45) is 0 Å². The molecule has 1 aliphatic rings. The Hall–Kier alpha value is -5.30. The van der Waals surface area contributed by atoms with E-state index < -0.39 is 17.9 Å². The first-order valence-corrected chi connectivity index (χ1v) is 21.5. The van der Waals surface area contributed by atoms with Crippen LogP contribution in [0.4, 0.5) is 0 Å². The minimum Gasteiger partial charge on any atom is -0.480 e. The summed E-state index contributed by atoms with van der Waals surface area (Å²) < 4.78 is 0. The van der Waals surface area contributed by atoms with Gasteiger partial charge >= 0.3 is 5.97 Å². The Morgan fingerprint density at radius 2 is 1.20 bits per heavy atom. The predicted octanol–water partition coefficient (Wildman–Crippen LogP) is 11.9. The largest absolute Gasteiger partial charge is 0.480 e. The minimum atomic E-state index is -1.11. The van der Waals surface area contributed by atoms with E-state index in [1.165, 1.54) is 11.1 Å². The van der Waals surface area contributed by atoms with Gasteiger partial charge in [0.05, 0.1) is 0 Å². The van der Waals surface area contributed by atoms with Crippen molar-refractivity contribution >= 4 is 29.6 Å². The monoisotopic (exact) mass is 801 g/mol. The second-order valence-corrected chi connectivity index (χ2v) is 16.5. The molecule has 316 valence electrons. The number of fused-ring (bicyclic) bond motifs is 1. The molecule has 0 fully saturated rings. The van der Waals surface area contributed by atoms with Gasteiger partial charge in [-0.05, 0) is 129 Å². The Kier molecular flexibility index (Phi) is 21.1. The van der Waals surface area contributed by atoms with E-state index in [-0.39, 0.29) is 28.9 Å². The maximum Gasteiger partial charge on any atom is 0.326 e. The third kappa shape index (κ3) is 18.0. The van der Waals surface area contributed by atoms with Gasteiger partial charge in [-0.3, -0.25) is 14.4 Å². The van der Waals surface area contributed by atoms with Gasteiger partial charge in [-0.2, -0.15) is 0 Å². The molecule has 0 spiro atoms. The summed E-state index contributed by atoms with van der Waals surface area (Å²) in [6, 6.07) is 11.7. The molecule has 0 heterocycles. The molecule has 0 aliphatic heterocycles. The van der Waals surface area contributed by atoms with E-state index in [1.807, 2.05) is 18.2 Å². The standard InChI is InChI=1S/C52H68N2O5/c1-6-7-8-9-10-11-12-13-14-15-16-17-18-19-20-21-22-23-24-28-48(56)53-39-26-25-27-46(50(58)59)54-49(57)42-32-29-41(30-33-42)31-36-47(55)43-34-35-44-45(40-43)52(4,5)38-37-51(44,2)3/h7-8,10-11,13-14,16-17,19-20,22-23,29-36,40,46H,6,9,12,15,18,21,24-28,37-39H2,1-5H3,(H,53,56)(H,54,57)(H,58,59)/b8-7-,11-10-,14-13-,17-16-,20-19-,23-22-,36-31+. The number of carboxylic acid groups (broad SMARTS) is 1. The van der Waals surface area contributed by atoms with Crippen LogP contribution in [0.5, 0.6) is 0 Å². The molecule has 0 bridgehead atoms. The van der Waals surface area contributed by atoms with Gasteiger partial charge in [0.1, 0.15) is 6.04 Å². The van der Waals surface area contributed by atoms with E-state index >= 15 is 0 Å². The molecule has 2 aromatic rings. The van der Waals surface area contributed by atoms with Crippen molar-refractivity contribution in [2.75, 3.05) is 6.54 Å². The van der Waals surface area contributed by atoms with Gasteiger partial charge in [0, 0.05) is 24.1 Å². The Morgan fingerprint density at radius 3 is 1.76 bits per heavy atom. The van der Waals surface area contributed by atoms with Crippen LogP contribution in [0.15, 0.2) is 121 Å². The number of aliphatic carboxylic acids is 1. The molecular formula is C52H68N2O5. The second-order valence-electron chi connectivity index (χ2n) is 16.5. The molecular weight excluding hydrogens is 733 g/mol. The Morgan fingerprint density at radius 1 is 0.678 bits per heavy atom. The highest BCUT2D eigenvalue weighted by atomic mass is 16.4. The lowest BCUT2D eigenvalue weighted by Crippen LogP contribution is -2.40. The summed E-state index contributed by atoms with van der Waals surface area (Å²) in [6.45, 7) is 11.6. The topological polar surface area (TPSA) is 113 Å². The molecule has 7 heteroatoms. The van der Waals surface area contributed by atoms with Gasteiger partial charge in [0.15, 0.2) is 5.78 Å². The van der Waals surface area contributed by atoms with Crippen LogP contribution in [0.3, 0.4) is 0 Å². The molecule has 0 saturated heterocycles. The number of allylic oxidation sites excluding steroid dienone is 13. The van der Waals surface area contributed by atoms with Crippen molar-refractivity contribution in [3.63, 3.8) is 0 Å². The van der Waals surface area contributed by atoms with Gasteiger partial charge < -0.3 is 15.7 Å². The highest BCUT2D eigenvalue weighted by Crippen LogP contribution is 2.46. The smallest absolute Gasteiger partial charge is 0.326 e. The number of benzene rings is 2. The van der Waals surface area contributed by atoms with Gasteiger partial charge in [0.2, 0.25) is 5.91 Å². The van der Waals surface area contributed by atoms with E-state index in [4.69, 9.17) is 0 Å². The second kappa shape index (κ2) is 25.9. The summed E-state index contributed by atoms with van der Waals surface area (Å²) in [4.78, 5) is 50.2. The molecule has 1 unspecified atom stereocenters. The fourth-order valence-corrected chi connectivity index (χ4v) is 6.90. The maximum absolute atomic E-state index is 13.1. The molecule has 59 heavy (non-hydrogen) atoms. The van der Waals surface area contributed by atoms with Gasteiger partial charge in [0.25, 0.3) is 5.91 Å². The van der Waals surface area contributed by atoms with Crippen molar-refractivity contribution in [1.82, 2.24) is 10.6 Å². The lowest BCUT2D eigenvalue weighted by molar-refractivity contribution is -0.139. The van der Waals surface area contributed by atoms with Crippen molar-refractivity contribution in [1.29, 1.82) is 0 Å². The zero-order chi connectivity index (χ0) is 42.9. The molecule has 0 aromatic heterocycles. The van der Waals surface area contributed by atoms with Crippen LogP contribution >= 0.6 is 0 Å².